The standard InChI is InChI=1S/C23H22N2O2/c1-17(26)23(18-7-3-2-4-8-18)25-14-12-19-15-21(10-11-22(19)25)27-16-20-9-5-6-13-24-20/h2-15,17,23,26H,16H2,1H3. The maximum absolute atomic E-state index is 10.4. The molecule has 27 heavy (non-hydrogen) atoms. The van der Waals surface area contributed by atoms with Gasteiger partial charge in [-0.3, -0.25) is 4.98 Å². The Morgan fingerprint density at radius 1 is 1.00 bits per heavy atom. The number of nitrogens with zero attached hydrogens (tertiary/aromatic N) is 2. The van der Waals surface area contributed by atoms with Crippen molar-refractivity contribution < 1.29 is 9.84 Å². The first-order chi connectivity index (χ1) is 13.2. The Kier molecular flexibility index (Phi) is 4.90. The highest BCUT2D eigenvalue weighted by Crippen LogP contribution is 2.30. The second kappa shape index (κ2) is 7.64. The Morgan fingerprint density at radius 3 is 2.56 bits per heavy atom. The van der Waals surface area contributed by atoms with Gasteiger partial charge in [0.1, 0.15) is 12.4 Å². The summed E-state index contributed by atoms with van der Waals surface area (Å²) in [4.78, 5) is 4.28. The molecular formula is C23H22N2O2. The molecule has 2 heterocycles. The fourth-order valence-corrected chi connectivity index (χ4v) is 3.44. The van der Waals surface area contributed by atoms with Gasteiger partial charge in [-0.25, -0.2) is 0 Å². The summed E-state index contributed by atoms with van der Waals surface area (Å²) in [5.41, 5.74) is 3.05. The van der Waals surface area contributed by atoms with Gasteiger partial charge in [-0.15, -0.1) is 0 Å². The van der Waals surface area contributed by atoms with E-state index in [-0.39, 0.29) is 6.04 Å². The number of aliphatic hydroxyl groups excluding tert-OH is 1. The zero-order valence-electron chi connectivity index (χ0n) is 15.2. The molecule has 1 N–H and O–H groups in total. The van der Waals surface area contributed by atoms with Gasteiger partial charge in [0.25, 0.3) is 0 Å². The zero-order chi connectivity index (χ0) is 18.6. The van der Waals surface area contributed by atoms with Gasteiger partial charge in [-0.05, 0) is 48.9 Å². The lowest BCUT2D eigenvalue weighted by atomic mass is 10.0. The number of pyridine rings is 1. The van der Waals surface area contributed by atoms with Crippen LogP contribution in [0, 0.1) is 0 Å². The van der Waals surface area contributed by atoms with Gasteiger partial charge in [-0.2, -0.15) is 0 Å². The van der Waals surface area contributed by atoms with E-state index in [0.29, 0.717) is 6.61 Å². The highest BCUT2D eigenvalue weighted by molar-refractivity contribution is 5.82. The van der Waals surface area contributed by atoms with E-state index in [1.165, 1.54) is 0 Å². The summed E-state index contributed by atoms with van der Waals surface area (Å²) in [5.74, 6) is 0.805. The van der Waals surface area contributed by atoms with E-state index in [0.717, 1.165) is 27.9 Å². The lowest BCUT2D eigenvalue weighted by Gasteiger charge is -2.23. The maximum atomic E-state index is 10.4. The SMILES string of the molecule is CC(O)C(c1ccccc1)n1ccc2cc(OCc3ccccn3)ccc21. The Labute approximate surface area is 158 Å². The number of hydrogen-bond acceptors (Lipinski definition) is 3. The van der Waals surface area contributed by atoms with Crippen LogP contribution in [0.1, 0.15) is 24.2 Å². The van der Waals surface area contributed by atoms with Crippen LogP contribution in [0.3, 0.4) is 0 Å². The molecule has 0 aliphatic rings. The summed E-state index contributed by atoms with van der Waals surface area (Å²) in [7, 11) is 0. The highest BCUT2D eigenvalue weighted by Gasteiger charge is 2.20. The van der Waals surface area contributed by atoms with Crippen LogP contribution >= 0.6 is 0 Å². The van der Waals surface area contributed by atoms with Gasteiger partial charge in [-0.1, -0.05) is 36.4 Å². The van der Waals surface area contributed by atoms with Crippen molar-refractivity contribution in [2.45, 2.75) is 25.7 Å². The first-order valence-electron chi connectivity index (χ1n) is 9.09. The molecule has 0 spiro atoms. The third kappa shape index (κ3) is 3.71. The van der Waals surface area contributed by atoms with E-state index in [2.05, 4.69) is 15.6 Å². The predicted octanol–water partition coefficient (Wildman–Crippen LogP) is 4.59. The first-order valence-corrected chi connectivity index (χ1v) is 9.09. The topological polar surface area (TPSA) is 47.3 Å². The molecule has 0 saturated heterocycles. The van der Waals surface area contributed by atoms with Crippen molar-refractivity contribution in [2.75, 3.05) is 0 Å². The molecule has 0 bridgehead atoms. The van der Waals surface area contributed by atoms with Crippen molar-refractivity contribution in [3.63, 3.8) is 0 Å². The molecule has 4 aromatic rings. The summed E-state index contributed by atoms with van der Waals surface area (Å²) in [6.07, 6.45) is 3.28. The van der Waals surface area contributed by atoms with Gasteiger partial charge < -0.3 is 14.4 Å². The van der Waals surface area contributed by atoms with Crippen molar-refractivity contribution in [1.82, 2.24) is 9.55 Å². The summed E-state index contributed by atoms with van der Waals surface area (Å²) in [6, 6.07) is 23.8. The van der Waals surface area contributed by atoms with Crippen LogP contribution in [0.15, 0.2) is 85.2 Å². The van der Waals surface area contributed by atoms with Crippen molar-refractivity contribution in [3.05, 3.63) is 96.4 Å². The zero-order valence-corrected chi connectivity index (χ0v) is 15.2. The molecule has 2 unspecified atom stereocenters. The van der Waals surface area contributed by atoms with Crippen LogP contribution in [-0.2, 0) is 6.61 Å². The number of aliphatic hydroxyl groups is 1. The van der Waals surface area contributed by atoms with E-state index in [4.69, 9.17) is 4.74 Å². The van der Waals surface area contributed by atoms with E-state index >= 15 is 0 Å². The fourth-order valence-electron chi connectivity index (χ4n) is 3.44. The normalized spacial score (nSPS) is 13.4. The Balaban J connectivity index is 1.62. The molecule has 0 fully saturated rings. The molecule has 4 rings (SSSR count). The molecule has 4 nitrogen and oxygen atoms in total. The van der Waals surface area contributed by atoms with Crippen LogP contribution in [0.5, 0.6) is 5.75 Å². The molecular weight excluding hydrogens is 336 g/mol. The molecule has 0 radical (unpaired) electrons. The summed E-state index contributed by atoms with van der Waals surface area (Å²) >= 11 is 0. The second-order valence-electron chi connectivity index (χ2n) is 6.65. The molecule has 2 aromatic heterocycles. The largest absolute Gasteiger partial charge is 0.487 e. The molecule has 0 aliphatic heterocycles. The number of ether oxygens (including phenoxy) is 1. The molecule has 0 saturated carbocycles. The number of benzene rings is 2. The summed E-state index contributed by atoms with van der Waals surface area (Å²) in [6.45, 7) is 2.27. The van der Waals surface area contributed by atoms with Gasteiger partial charge in [0, 0.05) is 23.3 Å². The molecule has 2 atom stereocenters. The number of fused-ring (bicyclic) bond motifs is 1. The van der Waals surface area contributed by atoms with Crippen molar-refractivity contribution in [2.24, 2.45) is 0 Å². The van der Waals surface area contributed by atoms with Crippen molar-refractivity contribution >= 4 is 10.9 Å². The number of aromatic nitrogens is 2. The van der Waals surface area contributed by atoms with Crippen molar-refractivity contribution in [3.8, 4) is 5.75 Å². The molecule has 136 valence electrons. The molecule has 0 amide bonds. The quantitative estimate of drug-likeness (QED) is 0.548. The Morgan fingerprint density at radius 2 is 1.81 bits per heavy atom. The van der Waals surface area contributed by atoms with Crippen LogP contribution < -0.4 is 4.74 Å². The predicted molar refractivity (Wildman–Crippen MR) is 107 cm³/mol. The molecule has 2 aromatic carbocycles. The van der Waals surface area contributed by atoms with Crippen LogP contribution in [0.2, 0.25) is 0 Å². The fraction of sp³-hybridized carbons (Fsp3) is 0.174. The molecule has 4 heteroatoms. The average Bonchev–Trinajstić information content (AvgIpc) is 3.11. The summed E-state index contributed by atoms with van der Waals surface area (Å²) < 4.78 is 8.00. The minimum Gasteiger partial charge on any atom is -0.487 e. The van der Waals surface area contributed by atoms with Crippen molar-refractivity contribution in [1.29, 1.82) is 0 Å². The van der Waals surface area contributed by atoms with Gasteiger partial charge >= 0.3 is 0 Å². The van der Waals surface area contributed by atoms with Gasteiger partial charge in [0.05, 0.1) is 17.8 Å². The van der Waals surface area contributed by atoms with Gasteiger partial charge in [0.2, 0.25) is 0 Å². The average molecular weight is 358 g/mol. The molecule has 0 aliphatic carbocycles. The highest BCUT2D eigenvalue weighted by atomic mass is 16.5. The third-order valence-electron chi connectivity index (χ3n) is 4.70. The van der Waals surface area contributed by atoms with E-state index < -0.39 is 6.10 Å². The summed E-state index contributed by atoms with van der Waals surface area (Å²) in [5, 5.41) is 11.5. The van der Waals surface area contributed by atoms with E-state index in [9.17, 15) is 5.11 Å². The third-order valence-corrected chi connectivity index (χ3v) is 4.70. The van der Waals surface area contributed by atoms with Crippen LogP contribution in [-0.4, -0.2) is 20.8 Å². The van der Waals surface area contributed by atoms with Crippen LogP contribution in [0.25, 0.3) is 10.9 Å². The first kappa shape index (κ1) is 17.3. The minimum atomic E-state index is -0.511. The maximum Gasteiger partial charge on any atom is 0.130 e. The lowest BCUT2D eigenvalue weighted by Crippen LogP contribution is -2.21. The van der Waals surface area contributed by atoms with E-state index in [1.807, 2.05) is 79.9 Å². The second-order valence-corrected chi connectivity index (χ2v) is 6.65. The van der Waals surface area contributed by atoms with E-state index in [1.54, 1.807) is 6.20 Å². The van der Waals surface area contributed by atoms with Gasteiger partial charge in [0.15, 0.2) is 0 Å². The number of hydrogen-bond donors (Lipinski definition) is 1. The number of rotatable bonds is 6. The van der Waals surface area contributed by atoms with Crippen LogP contribution in [0.4, 0.5) is 0 Å². The Bertz CT molecular complexity index is 1010. The minimum absolute atomic E-state index is 0.135. The monoisotopic (exact) mass is 358 g/mol. The lowest BCUT2D eigenvalue weighted by molar-refractivity contribution is 0.151. The Hall–Kier alpha value is -3.11. The smallest absolute Gasteiger partial charge is 0.130 e.